The SMILES string of the molecule is CC(=O)P(=O)(N[C@@H](C=O)C(=O)OCc1ccccc1)C(C(C)O)C(O)CO. The highest BCUT2D eigenvalue weighted by molar-refractivity contribution is 7.79. The Kier molecular flexibility index (Phi) is 8.95. The first-order chi connectivity index (χ1) is 12.7. The summed E-state index contributed by atoms with van der Waals surface area (Å²) >= 11 is 0. The van der Waals surface area contributed by atoms with Crippen molar-refractivity contribution in [2.75, 3.05) is 6.61 Å². The van der Waals surface area contributed by atoms with E-state index >= 15 is 0 Å². The zero-order chi connectivity index (χ0) is 20.6. The van der Waals surface area contributed by atoms with Crippen LogP contribution in [0.25, 0.3) is 0 Å². The van der Waals surface area contributed by atoms with Crippen LogP contribution in [0.15, 0.2) is 30.3 Å². The van der Waals surface area contributed by atoms with E-state index in [4.69, 9.17) is 9.84 Å². The van der Waals surface area contributed by atoms with Gasteiger partial charge in [-0.15, -0.1) is 0 Å². The Balaban J connectivity index is 3.00. The van der Waals surface area contributed by atoms with Gasteiger partial charge >= 0.3 is 5.97 Å². The Morgan fingerprint density at radius 2 is 1.85 bits per heavy atom. The molecule has 0 aromatic heterocycles. The van der Waals surface area contributed by atoms with Crippen molar-refractivity contribution in [2.45, 2.75) is 44.4 Å². The molecule has 4 N–H and O–H groups in total. The molecule has 0 aliphatic heterocycles. The summed E-state index contributed by atoms with van der Waals surface area (Å²) in [5.41, 5.74) is -1.92. The highest BCUT2D eigenvalue weighted by atomic mass is 31.2. The lowest BCUT2D eigenvalue weighted by atomic mass is 10.2. The van der Waals surface area contributed by atoms with Gasteiger partial charge in [-0.05, 0) is 12.5 Å². The van der Waals surface area contributed by atoms with Crippen molar-refractivity contribution in [1.29, 1.82) is 0 Å². The summed E-state index contributed by atoms with van der Waals surface area (Å²) in [7, 11) is -4.33. The van der Waals surface area contributed by atoms with Gasteiger partial charge in [-0.2, -0.15) is 0 Å². The fourth-order valence-electron chi connectivity index (χ4n) is 2.53. The van der Waals surface area contributed by atoms with Crippen LogP contribution < -0.4 is 5.09 Å². The fraction of sp³-hybridized carbons (Fsp3) is 0.471. The van der Waals surface area contributed by atoms with Crippen LogP contribution in [-0.4, -0.2) is 63.6 Å². The first-order valence-electron chi connectivity index (χ1n) is 8.18. The number of ether oxygens (including phenoxy) is 1. The average molecular weight is 401 g/mol. The summed E-state index contributed by atoms with van der Waals surface area (Å²) in [6.45, 7) is 1.09. The van der Waals surface area contributed by atoms with Crippen LogP contribution in [0.2, 0.25) is 0 Å². The van der Waals surface area contributed by atoms with E-state index in [9.17, 15) is 29.2 Å². The van der Waals surface area contributed by atoms with E-state index in [2.05, 4.69) is 5.09 Å². The van der Waals surface area contributed by atoms with Crippen molar-refractivity contribution in [3.05, 3.63) is 35.9 Å². The molecule has 27 heavy (non-hydrogen) atoms. The topological polar surface area (TPSA) is 150 Å². The first kappa shape index (κ1) is 23.1. The van der Waals surface area contributed by atoms with Crippen molar-refractivity contribution in [2.24, 2.45) is 0 Å². The number of aldehydes is 1. The standard InChI is InChI=1S/C17H24NO8P/c1-11(21)16(15(23)9-20)27(25,12(2)22)18-14(8-19)17(24)26-10-13-6-4-3-5-7-13/h3-8,11,14-16,20-21,23H,9-10H2,1-2H3,(H,18,25)/t11?,14-,15?,16?,27?/m0/s1. The van der Waals surface area contributed by atoms with Gasteiger partial charge < -0.3 is 24.9 Å². The highest BCUT2D eigenvalue weighted by Gasteiger charge is 2.47. The van der Waals surface area contributed by atoms with Crippen LogP contribution in [0.3, 0.4) is 0 Å². The second-order valence-corrected chi connectivity index (χ2v) is 8.79. The summed E-state index contributed by atoms with van der Waals surface area (Å²) in [4.78, 5) is 35.5. The van der Waals surface area contributed by atoms with Gasteiger partial charge in [-0.1, -0.05) is 30.3 Å². The molecule has 1 aromatic rings. The van der Waals surface area contributed by atoms with Gasteiger partial charge in [0.05, 0.1) is 24.5 Å². The summed E-state index contributed by atoms with van der Waals surface area (Å²) < 4.78 is 18.1. The van der Waals surface area contributed by atoms with E-state index in [0.29, 0.717) is 5.56 Å². The Morgan fingerprint density at radius 1 is 1.26 bits per heavy atom. The number of rotatable bonds is 11. The van der Waals surface area contributed by atoms with E-state index in [-0.39, 0.29) is 12.9 Å². The van der Waals surface area contributed by atoms with E-state index in [1.807, 2.05) is 0 Å². The molecule has 0 aliphatic carbocycles. The number of carbonyl (C=O) groups excluding carboxylic acids is 3. The number of hydrogen-bond donors (Lipinski definition) is 4. The highest BCUT2D eigenvalue weighted by Crippen LogP contribution is 2.50. The Labute approximate surface area is 156 Å². The third kappa shape index (κ3) is 6.05. The monoisotopic (exact) mass is 401 g/mol. The van der Waals surface area contributed by atoms with E-state index in [1.54, 1.807) is 30.3 Å². The maximum absolute atomic E-state index is 13.1. The van der Waals surface area contributed by atoms with E-state index < -0.39 is 49.3 Å². The summed E-state index contributed by atoms with van der Waals surface area (Å²) in [5.74, 6) is -1.07. The molecule has 0 bridgehead atoms. The first-order valence-corrected chi connectivity index (χ1v) is 9.96. The summed E-state index contributed by atoms with van der Waals surface area (Å²) in [5, 5.41) is 31.0. The summed E-state index contributed by atoms with van der Waals surface area (Å²) in [6, 6.07) is 6.86. The molecular formula is C17H24NO8P. The van der Waals surface area contributed by atoms with Gasteiger partial charge in [0, 0.05) is 6.92 Å². The quantitative estimate of drug-likeness (QED) is 0.171. The Morgan fingerprint density at radius 3 is 2.30 bits per heavy atom. The van der Waals surface area contributed by atoms with Crippen molar-refractivity contribution >= 4 is 25.1 Å². The van der Waals surface area contributed by atoms with Gasteiger partial charge in [-0.3, -0.25) is 9.36 Å². The van der Waals surface area contributed by atoms with Crippen LogP contribution in [-0.2, 0) is 30.3 Å². The zero-order valence-corrected chi connectivity index (χ0v) is 15.9. The van der Waals surface area contributed by atoms with Crippen LogP contribution in [0.1, 0.15) is 19.4 Å². The van der Waals surface area contributed by atoms with Crippen LogP contribution in [0.5, 0.6) is 0 Å². The average Bonchev–Trinajstić information content (AvgIpc) is 2.64. The molecule has 0 saturated carbocycles. The molecule has 1 rings (SSSR count). The number of benzene rings is 1. The lowest BCUT2D eigenvalue weighted by Crippen LogP contribution is -2.47. The van der Waals surface area contributed by atoms with Gasteiger partial charge in [0.1, 0.15) is 12.9 Å². The predicted molar refractivity (Wildman–Crippen MR) is 96.1 cm³/mol. The van der Waals surface area contributed by atoms with Gasteiger partial charge in [-0.25, -0.2) is 9.88 Å². The van der Waals surface area contributed by atoms with E-state index in [1.165, 1.54) is 6.92 Å². The number of carbonyl (C=O) groups is 3. The number of esters is 1. The molecule has 5 atom stereocenters. The molecule has 0 spiro atoms. The molecule has 0 fully saturated rings. The lowest BCUT2D eigenvalue weighted by Gasteiger charge is -2.32. The fourth-order valence-corrected chi connectivity index (χ4v) is 5.07. The lowest BCUT2D eigenvalue weighted by molar-refractivity contribution is -0.147. The second kappa shape index (κ2) is 10.4. The Hall–Kier alpha value is -1.90. The van der Waals surface area contributed by atoms with Crippen LogP contribution in [0, 0.1) is 0 Å². The van der Waals surface area contributed by atoms with Crippen LogP contribution in [0.4, 0.5) is 0 Å². The third-order valence-electron chi connectivity index (χ3n) is 3.91. The second-order valence-electron chi connectivity index (χ2n) is 5.99. The normalized spacial score (nSPS) is 17.8. The maximum Gasteiger partial charge on any atom is 0.331 e. The molecule has 1 aromatic carbocycles. The molecule has 0 radical (unpaired) electrons. The molecule has 0 amide bonds. The van der Waals surface area contributed by atoms with Crippen molar-refractivity contribution in [3.8, 4) is 0 Å². The number of hydrogen-bond acceptors (Lipinski definition) is 8. The minimum atomic E-state index is -4.33. The van der Waals surface area contributed by atoms with Crippen molar-refractivity contribution < 1.29 is 39.0 Å². The number of aliphatic hydroxyl groups excluding tert-OH is 3. The minimum absolute atomic E-state index is 0.118. The molecule has 0 saturated heterocycles. The van der Waals surface area contributed by atoms with E-state index in [0.717, 1.165) is 6.92 Å². The van der Waals surface area contributed by atoms with Gasteiger partial charge in [0.15, 0.2) is 6.04 Å². The molecule has 4 unspecified atom stereocenters. The molecule has 0 heterocycles. The van der Waals surface area contributed by atoms with Crippen molar-refractivity contribution in [3.63, 3.8) is 0 Å². The largest absolute Gasteiger partial charge is 0.459 e. The smallest absolute Gasteiger partial charge is 0.331 e. The minimum Gasteiger partial charge on any atom is -0.459 e. The molecule has 10 heteroatoms. The molecular weight excluding hydrogens is 377 g/mol. The third-order valence-corrected chi connectivity index (χ3v) is 7.12. The molecule has 9 nitrogen and oxygen atoms in total. The summed E-state index contributed by atoms with van der Waals surface area (Å²) in [6.07, 6.45) is -3.06. The molecule has 150 valence electrons. The van der Waals surface area contributed by atoms with Gasteiger partial charge in [0.2, 0.25) is 12.8 Å². The number of nitrogens with one attached hydrogen (secondary N) is 1. The predicted octanol–water partition coefficient (Wildman–Crippen LogP) is -0.186. The zero-order valence-electron chi connectivity index (χ0n) is 15.0. The Bertz CT molecular complexity index is 693. The van der Waals surface area contributed by atoms with Gasteiger partial charge in [0.25, 0.3) is 0 Å². The molecule has 0 aliphatic rings. The van der Waals surface area contributed by atoms with Crippen LogP contribution >= 0.6 is 7.29 Å². The van der Waals surface area contributed by atoms with Crippen molar-refractivity contribution in [1.82, 2.24) is 5.09 Å². The number of aliphatic hydroxyl groups is 3. The maximum atomic E-state index is 13.1.